The van der Waals surface area contributed by atoms with Crippen molar-refractivity contribution in [3.63, 3.8) is 0 Å². The maximum absolute atomic E-state index is 12.0. The van der Waals surface area contributed by atoms with Gasteiger partial charge in [-0.05, 0) is 26.3 Å². The third-order valence-electron chi connectivity index (χ3n) is 2.61. The van der Waals surface area contributed by atoms with E-state index in [-0.39, 0.29) is 19.6 Å². The van der Waals surface area contributed by atoms with Gasteiger partial charge >= 0.3 is 12.1 Å². The van der Waals surface area contributed by atoms with E-state index in [0.717, 1.165) is 5.56 Å². The highest BCUT2D eigenvalue weighted by Crippen LogP contribution is 2.10. The van der Waals surface area contributed by atoms with Crippen LogP contribution in [0.4, 0.5) is 4.79 Å². The van der Waals surface area contributed by atoms with Crippen LogP contribution in [0.5, 0.6) is 0 Å². The quantitative estimate of drug-likeness (QED) is 0.785. The normalized spacial score (nSPS) is 12.4. The van der Waals surface area contributed by atoms with E-state index < -0.39 is 23.7 Å². The molecular weight excluding hydrogens is 286 g/mol. The lowest BCUT2D eigenvalue weighted by Crippen LogP contribution is -2.44. The molecule has 1 amide bonds. The summed E-state index contributed by atoms with van der Waals surface area (Å²) in [5.41, 5.74) is 0.175. The van der Waals surface area contributed by atoms with Crippen LogP contribution < -0.4 is 5.32 Å². The van der Waals surface area contributed by atoms with Crippen LogP contribution in [0, 0.1) is 0 Å². The summed E-state index contributed by atoms with van der Waals surface area (Å²) in [6.07, 6.45) is -0.664. The van der Waals surface area contributed by atoms with Crippen LogP contribution >= 0.6 is 0 Å². The number of esters is 1. The molecule has 0 aliphatic heterocycles. The van der Waals surface area contributed by atoms with Crippen molar-refractivity contribution in [1.29, 1.82) is 0 Å². The van der Waals surface area contributed by atoms with Crippen molar-refractivity contribution in [3.05, 3.63) is 35.9 Å². The molecule has 0 radical (unpaired) electrons. The van der Waals surface area contributed by atoms with Gasteiger partial charge in [-0.2, -0.15) is 0 Å². The fraction of sp³-hybridized carbons (Fsp3) is 0.500. The third-order valence-corrected chi connectivity index (χ3v) is 2.61. The van der Waals surface area contributed by atoms with E-state index in [0.29, 0.717) is 0 Å². The Morgan fingerprint density at radius 3 is 2.41 bits per heavy atom. The van der Waals surface area contributed by atoms with E-state index in [4.69, 9.17) is 14.6 Å². The molecule has 0 saturated carbocycles. The molecule has 1 aromatic carbocycles. The number of hydrogen-bond donors (Lipinski definition) is 2. The number of hydrogen-bond acceptors (Lipinski definition) is 5. The van der Waals surface area contributed by atoms with Crippen molar-refractivity contribution < 1.29 is 24.2 Å². The first kappa shape index (κ1) is 18.0. The highest BCUT2D eigenvalue weighted by atomic mass is 16.6. The number of carbonyl (C=O) groups is 2. The molecule has 1 aromatic rings. The van der Waals surface area contributed by atoms with Gasteiger partial charge in [0.05, 0.1) is 0 Å². The van der Waals surface area contributed by atoms with Gasteiger partial charge in [-0.25, -0.2) is 9.59 Å². The Kier molecular flexibility index (Phi) is 6.85. The summed E-state index contributed by atoms with van der Waals surface area (Å²) in [7, 11) is 0. The summed E-state index contributed by atoms with van der Waals surface area (Å²) in [6, 6.07) is 8.26. The van der Waals surface area contributed by atoms with E-state index in [2.05, 4.69) is 5.32 Å². The van der Waals surface area contributed by atoms with Crippen LogP contribution in [0.25, 0.3) is 0 Å². The molecule has 0 spiro atoms. The molecule has 0 fully saturated rings. The fourth-order valence-electron chi connectivity index (χ4n) is 1.66. The van der Waals surface area contributed by atoms with Gasteiger partial charge in [0.2, 0.25) is 0 Å². The average Bonchev–Trinajstić information content (AvgIpc) is 2.44. The first-order valence-electron chi connectivity index (χ1n) is 7.13. The van der Waals surface area contributed by atoms with Crippen LogP contribution in [0.2, 0.25) is 0 Å². The molecule has 0 aromatic heterocycles. The number of nitrogens with one attached hydrogen (secondary N) is 1. The number of aliphatic hydroxyl groups is 1. The van der Waals surface area contributed by atoms with Crippen LogP contribution in [-0.4, -0.2) is 35.4 Å². The SMILES string of the molecule is CC(C)(C)OC(=O)[C@@H](CCO)NC(=O)OCc1ccccc1. The minimum Gasteiger partial charge on any atom is -0.458 e. The Bertz CT molecular complexity index is 481. The largest absolute Gasteiger partial charge is 0.458 e. The summed E-state index contributed by atoms with van der Waals surface area (Å²) < 4.78 is 10.2. The van der Waals surface area contributed by atoms with Crippen LogP contribution in [0.15, 0.2) is 30.3 Å². The van der Waals surface area contributed by atoms with Crippen LogP contribution in [0.1, 0.15) is 32.8 Å². The maximum Gasteiger partial charge on any atom is 0.408 e. The Morgan fingerprint density at radius 1 is 1.23 bits per heavy atom. The lowest BCUT2D eigenvalue weighted by atomic mass is 10.1. The lowest BCUT2D eigenvalue weighted by Gasteiger charge is -2.24. The number of aliphatic hydroxyl groups excluding tert-OH is 1. The fourth-order valence-corrected chi connectivity index (χ4v) is 1.66. The summed E-state index contributed by atoms with van der Waals surface area (Å²) in [4.78, 5) is 23.7. The molecule has 0 aliphatic carbocycles. The van der Waals surface area contributed by atoms with E-state index in [9.17, 15) is 9.59 Å². The van der Waals surface area contributed by atoms with Gasteiger partial charge in [0.25, 0.3) is 0 Å². The summed E-state index contributed by atoms with van der Waals surface area (Å²) in [5.74, 6) is -0.599. The van der Waals surface area contributed by atoms with Crippen molar-refractivity contribution in [2.24, 2.45) is 0 Å². The first-order chi connectivity index (χ1) is 10.3. The molecule has 0 unspecified atom stereocenters. The number of carbonyl (C=O) groups excluding carboxylic acids is 2. The molecule has 6 heteroatoms. The van der Waals surface area contributed by atoms with Gasteiger partial charge in [0, 0.05) is 13.0 Å². The standard InChI is InChI=1S/C16H23NO5/c1-16(2,3)22-14(19)13(9-10-18)17-15(20)21-11-12-7-5-4-6-8-12/h4-8,13,18H,9-11H2,1-3H3,(H,17,20)/t13-/m1/s1. The average molecular weight is 309 g/mol. The Balaban J connectivity index is 2.51. The van der Waals surface area contributed by atoms with Gasteiger partial charge in [0.1, 0.15) is 18.2 Å². The molecule has 122 valence electrons. The highest BCUT2D eigenvalue weighted by Gasteiger charge is 2.26. The lowest BCUT2D eigenvalue weighted by molar-refractivity contribution is -0.157. The van der Waals surface area contributed by atoms with E-state index in [1.54, 1.807) is 20.8 Å². The van der Waals surface area contributed by atoms with Crippen molar-refractivity contribution in [2.75, 3.05) is 6.61 Å². The molecule has 0 aliphatic rings. The predicted octanol–water partition coefficient (Wildman–Crippen LogP) is 2.01. The van der Waals surface area contributed by atoms with Gasteiger partial charge in [-0.1, -0.05) is 30.3 Å². The summed E-state index contributed by atoms with van der Waals surface area (Å²) >= 11 is 0. The number of ether oxygens (including phenoxy) is 2. The Morgan fingerprint density at radius 2 is 1.86 bits per heavy atom. The zero-order valence-corrected chi connectivity index (χ0v) is 13.2. The first-order valence-corrected chi connectivity index (χ1v) is 7.13. The molecule has 0 bridgehead atoms. The Labute approximate surface area is 130 Å². The van der Waals surface area contributed by atoms with E-state index in [1.807, 2.05) is 30.3 Å². The zero-order valence-electron chi connectivity index (χ0n) is 13.2. The Hall–Kier alpha value is -2.08. The topological polar surface area (TPSA) is 84.9 Å². The maximum atomic E-state index is 12.0. The number of amides is 1. The number of alkyl carbamates (subject to hydrolysis) is 1. The second kappa shape index (κ2) is 8.38. The molecule has 6 nitrogen and oxygen atoms in total. The van der Waals surface area contributed by atoms with Gasteiger partial charge in [0.15, 0.2) is 0 Å². The third kappa shape index (κ3) is 7.08. The molecule has 1 atom stereocenters. The molecule has 0 heterocycles. The predicted molar refractivity (Wildman–Crippen MR) is 81.1 cm³/mol. The van der Waals surface area contributed by atoms with Crippen molar-refractivity contribution >= 4 is 12.1 Å². The second-order valence-electron chi connectivity index (χ2n) is 5.80. The van der Waals surface area contributed by atoms with Crippen molar-refractivity contribution in [1.82, 2.24) is 5.32 Å². The van der Waals surface area contributed by atoms with Crippen LogP contribution in [-0.2, 0) is 20.9 Å². The minimum atomic E-state index is -0.938. The second-order valence-corrected chi connectivity index (χ2v) is 5.80. The van der Waals surface area contributed by atoms with Crippen LogP contribution in [0.3, 0.4) is 0 Å². The summed E-state index contributed by atoms with van der Waals surface area (Å²) in [6.45, 7) is 5.05. The van der Waals surface area contributed by atoms with Crippen molar-refractivity contribution in [2.45, 2.75) is 45.4 Å². The monoisotopic (exact) mass is 309 g/mol. The zero-order chi connectivity index (χ0) is 16.6. The molecule has 0 saturated heterocycles. The molecule has 1 rings (SSSR count). The molecular formula is C16H23NO5. The number of benzene rings is 1. The minimum absolute atomic E-state index is 0.0648. The van der Waals surface area contributed by atoms with E-state index >= 15 is 0 Å². The van der Waals surface area contributed by atoms with Crippen molar-refractivity contribution in [3.8, 4) is 0 Å². The smallest absolute Gasteiger partial charge is 0.408 e. The molecule has 22 heavy (non-hydrogen) atoms. The van der Waals surface area contributed by atoms with Gasteiger partial charge in [-0.3, -0.25) is 0 Å². The van der Waals surface area contributed by atoms with Gasteiger partial charge < -0.3 is 19.9 Å². The summed E-state index contributed by atoms with van der Waals surface area (Å²) in [5, 5.41) is 11.4. The van der Waals surface area contributed by atoms with E-state index in [1.165, 1.54) is 0 Å². The molecule has 2 N–H and O–H groups in total. The number of rotatable bonds is 6. The van der Waals surface area contributed by atoms with Gasteiger partial charge in [-0.15, -0.1) is 0 Å². The highest BCUT2D eigenvalue weighted by molar-refractivity contribution is 5.81.